The predicted molar refractivity (Wildman–Crippen MR) is 74.5 cm³/mol. The lowest BCUT2D eigenvalue weighted by Crippen LogP contribution is -2.31. The summed E-state index contributed by atoms with van der Waals surface area (Å²) in [7, 11) is 0. The Bertz CT molecular complexity index is 380. The molecule has 0 atom stereocenters. The molecular weight excluding hydrogens is 297 g/mol. The molecule has 1 heterocycles. The molecule has 0 saturated carbocycles. The van der Waals surface area contributed by atoms with Gasteiger partial charge in [-0.05, 0) is 60.4 Å². The van der Waals surface area contributed by atoms with Crippen LogP contribution in [0.2, 0.25) is 0 Å². The van der Waals surface area contributed by atoms with Crippen molar-refractivity contribution in [2.24, 2.45) is 0 Å². The minimum Gasteiger partial charge on any atom is -0.493 e. The maximum Gasteiger partial charge on any atom is 0.141 e. The lowest BCUT2D eigenvalue weighted by atomic mass is 10.1. The Balaban J connectivity index is 1.66. The van der Waals surface area contributed by atoms with Crippen LogP contribution in [0.25, 0.3) is 0 Å². The van der Waals surface area contributed by atoms with Gasteiger partial charge in [-0.3, -0.25) is 0 Å². The van der Waals surface area contributed by atoms with E-state index in [1.54, 1.807) is 12.1 Å². The summed E-state index contributed by atoms with van der Waals surface area (Å²) in [4.78, 5) is 2.48. The average molecular weight is 316 g/mol. The standard InChI is InChI=1S/C14H19BrFNO/c15-13-6-5-12(11-14(13)16)18-10-4-9-17-7-2-1-3-8-17/h5-6,11H,1-4,7-10H2. The van der Waals surface area contributed by atoms with E-state index in [1.807, 2.05) is 0 Å². The predicted octanol–water partition coefficient (Wildman–Crippen LogP) is 3.84. The van der Waals surface area contributed by atoms with Crippen molar-refractivity contribution in [2.75, 3.05) is 26.2 Å². The van der Waals surface area contributed by atoms with Crippen molar-refractivity contribution >= 4 is 15.9 Å². The number of likely N-dealkylation sites (tertiary alicyclic amines) is 1. The monoisotopic (exact) mass is 315 g/mol. The van der Waals surface area contributed by atoms with Gasteiger partial charge in [-0.25, -0.2) is 4.39 Å². The molecule has 0 radical (unpaired) electrons. The minimum absolute atomic E-state index is 0.275. The summed E-state index contributed by atoms with van der Waals surface area (Å²) in [5.74, 6) is 0.331. The van der Waals surface area contributed by atoms with E-state index in [-0.39, 0.29) is 5.82 Å². The molecule has 2 rings (SSSR count). The summed E-state index contributed by atoms with van der Waals surface area (Å²) in [5, 5.41) is 0. The van der Waals surface area contributed by atoms with Gasteiger partial charge in [0.05, 0.1) is 11.1 Å². The number of piperidine rings is 1. The van der Waals surface area contributed by atoms with Crippen LogP contribution in [0.3, 0.4) is 0 Å². The molecule has 0 aromatic heterocycles. The second-order valence-corrected chi connectivity index (χ2v) is 5.53. The van der Waals surface area contributed by atoms with Gasteiger partial charge in [0.1, 0.15) is 11.6 Å². The third kappa shape index (κ3) is 4.25. The maximum atomic E-state index is 13.2. The zero-order chi connectivity index (χ0) is 12.8. The first kappa shape index (κ1) is 13.8. The quantitative estimate of drug-likeness (QED) is 0.765. The number of ether oxygens (including phenoxy) is 1. The second kappa shape index (κ2) is 7.10. The fraction of sp³-hybridized carbons (Fsp3) is 0.571. The van der Waals surface area contributed by atoms with Crippen molar-refractivity contribution in [3.8, 4) is 5.75 Å². The van der Waals surface area contributed by atoms with E-state index in [2.05, 4.69) is 20.8 Å². The van der Waals surface area contributed by atoms with Crippen LogP contribution < -0.4 is 4.74 Å². The smallest absolute Gasteiger partial charge is 0.141 e. The van der Waals surface area contributed by atoms with Gasteiger partial charge in [-0.2, -0.15) is 0 Å². The van der Waals surface area contributed by atoms with Crippen LogP contribution in [0.15, 0.2) is 22.7 Å². The normalized spacial score (nSPS) is 16.8. The molecule has 1 aliphatic rings. The van der Waals surface area contributed by atoms with Gasteiger partial charge in [0, 0.05) is 12.6 Å². The number of hydrogen-bond acceptors (Lipinski definition) is 2. The van der Waals surface area contributed by atoms with Gasteiger partial charge >= 0.3 is 0 Å². The number of rotatable bonds is 5. The fourth-order valence-corrected chi connectivity index (χ4v) is 2.47. The van der Waals surface area contributed by atoms with E-state index in [0.717, 1.165) is 13.0 Å². The summed E-state index contributed by atoms with van der Waals surface area (Å²) < 4.78 is 19.3. The van der Waals surface area contributed by atoms with Crippen LogP contribution >= 0.6 is 15.9 Å². The van der Waals surface area contributed by atoms with Gasteiger partial charge in [0.2, 0.25) is 0 Å². The molecule has 1 aromatic rings. The Morgan fingerprint density at radius 3 is 2.72 bits per heavy atom. The van der Waals surface area contributed by atoms with Crippen molar-refractivity contribution < 1.29 is 9.13 Å². The summed E-state index contributed by atoms with van der Waals surface area (Å²) >= 11 is 3.13. The molecule has 18 heavy (non-hydrogen) atoms. The zero-order valence-electron chi connectivity index (χ0n) is 10.5. The molecule has 0 unspecified atom stereocenters. The highest BCUT2D eigenvalue weighted by Crippen LogP contribution is 2.21. The lowest BCUT2D eigenvalue weighted by molar-refractivity contribution is 0.205. The van der Waals surface area contributed by atoms with Crippen molar-refractivity contribution in [2.45, 2.75) is 25.7 Å². The molecule has 100 valence electrons. The van der Waals surface area contributed by atoms with E-state index in [1.165, 1.54) is 38.4 Å². The number of hydrogen-bond donors (Lipinski definition) is 0. The van der Waals surface area contributed by atoms with E-state index in [0.29, 0.717) is 16.8 Å². The molecular formula is C14H19BrFNO. The molecule has 0 bridgehead atoms. The highest BCUT2D eigenvalue weighted by atomic mass is 79.9. The highest BCUT2D eigenvalue weighted by molar-refractivity contribution is 9.10. The third-order valence-corrected chi connectivity index (χ3v) is 3.87. The molecule has 1 saturated heterocycles. The molecule has 1 fully saturated rings. The van der Waals surface area contributed by atoms with Crippen molar-refractivity contribution in [1.82, 2.24) is 4.90 Å². The van der Waals surface area contributed by atoms with Gasteiger partial charge in [0.25, 0.3) is 0 Å². The zero-order valence-corrected chi connectivity index (χ0v) is 12.1. The highest BCUT2D eigenvalue weighted by Gasteiger charge is 2.09. The molecule has 4 heteroatoms. The number of halogens is 2. The lowest BCUT2D eigenvalue weighted by Gasteiger charge is -2.26. The fourth-order valence-electron chi connectivity index (χ4n) is 2.23. The van der Waals surface area contributed by atoms with Crippen molar-refractivity contribution in [3.05, 3.63) is 28.5 Å². The molecule has 1 aliphatic heterocycles. The van der Waals surface area contributed by atoms with Crippen LogP contribution in [0.5, 0.6) is 5.75 Å². The Morgan fingerprint density at radius 2 is 2.00 bits per heavy atom. The van der Waals surface area contributed by atoms with Crippen molar-refractivity contribution in [3.63, 3.8) is 0 Å². The van der Waals surface area contributed by atoms with Crippen LogP contribution in [-0.2, 0) is 0 Å². The summed E-state index contributed by atoms with van der Waals surface area (Å²) in [6.07, 6.45) is 5.00. The largest absolute Gasteiger partial charge is 0.493 e. The Hall–Kier alpha value is -0.610. The van der Waals surface area contributed by atoms with Gasteiger partial charge in [-0.15, -0.1) is 0 Å². The maximum absolute atomic E-state index is 13.2. The van der Waals surface area contributed by atoms with Crippen LogP contribution in [0.1, 0.15) is 25.7 Å². The molecule has 0 spiro atoms. The molecule has 0 N–H and O–H groups in total. The molecule has 1 aromatic carbocycles. The Labute approximate surface area is 116 Å². The summed E-state index contributed by atoms with van der Waals surface area (Å²) in [6, 6.07) is 4.88. The first-order chi connectivity index (χ1) is 8.75. The summed E-state index contributed by atoms with van der Waals surface area (Å²) in [6.45, 7) is 4.16. The van der Waals surface area contributed by atoms with Crippen LogP contribution in [-0.4, -0.2) is 31.1 Å². The van der Waals surface area contributed by atoms with E-state index >= 15 is 0 Å². The number of benzene rings is 1. The second-order valence-electron chi connectivity index (χ2n) is 4.68. The average Bonchev–Trinajstić information content (AvgIpc) is 2.40. The van der Waals surface area contributed by atoms with E-state index in [9.17, 15) is 4.39 Å². The third-order valence-electron chi connectivity index (χ3n) is 3.23. The van der Waals surface area contributed by atoms with Crippen LogP contribution in [0, 0.1) is 5.82 Å². The Morgan fingerprint density at radius 1 is 1.22 bits per heavy atom. The molecule has 2 nitrogen and oxygen atoms in total. The SMILES string of the molecule is Fc1cc(OCCCN2CCCCC2)ccc1Br. The molecule has 0 amide bonds. The first-order valence-corrected chi connectivity index (χ1v) is 7.35. The van der Waals surface area contributed by atoms with E-state index in [4.69, 9.17) is 4.74 Å². The van der Waals surface area contributed by atoms with Gasteiger partial charge < -0.3 is 9.64 Å². The minimum atomic E-state index is -0.275. The van der Waals surface area contributed by atoms with Gasteiger partial charge in [0.15, 0.2) is 0 Å². The van der Waals surface area contributed by atoms with Gasteiger partial charge in [-0.1, -0.05) is 6.42 Å². The summed E-state index contributed by atoms with van der Waals surface area (Å²) in [5.41, 5.74) is 0. The van der Waals surface area contributed by atoms with Crippen molar-refractivity contribution in [1.29, 1.82) is 0 Å². The number of nitrogens with zero attached hydrogens (tertiary/aromatic N) is 1. The van der Waals surface area contributed by atoms with E-state index < -0.39 is 0 Å². The van der Waals surface area contributed by atoms with Crippen LogP contribution in [0.4, 0.5) is 4.39 Å². The Kier molecular flexibility index (Phi) is 5.45. The topological polar surface area (TPSA) is 12.5 Å². The first-order valence-electron chi connectivity index (χ1n) is 6.56. The molecule has 0 aliphatic carbocycles.